The number of quaternary nitrogens is 1. The maximum atomic E-state index is 12.9. The molecule has 30 heavy (non-hydrogen) atoms. The van der Waals surface area contributed by atoms with E-state index in [-0.39, 0.29) is 18.5 Å². The number of benzene rings is 2. The Kier molecular flexibility index (Phi) is 6.79. The third kappa shape index (κ3) is 4.83. The number of rotatable bonds is 7. The maximum absolute atomic E-state index is 12.9. The van der Waals surface area contributed by atoms with Crippen molar-refractivity contribution in [3.63, 3.8) is 0 Å². The van der Waals surface area contributed by atoms with Gasteiger partial charge >= 0.3 is 5.97 Å². The molecule has 1 atom stereocenters. The predicted molar refractivity (Wildman–Crippen MR) is 117 cm³/mol. The van der Waals surface area contributed by atoms with Crippen LogP contribution in [0.5, 0.6) is 0 Å². The highest BCUT2D eigenvalue weighted by Gasteiger charge is 2.25. The molecule has 0 aliphatic carbocycles. The predicted octanol–water partition coefficient (Wildman–Crippen LogP) is 2.23. The minimum absolute atomic E-state index is 0.0359. The Morgan fingerprint density at radius 1 is 1.07 bits per heavy atom. The number of fused-ring (bicyclic) bond motifs is 1. The SMILES string of the molecule is COC(=O)c1c(C[NH+](C)CC(=O)NC(C)C)nc2ccccc2c1-c1ccccc1. The summed E-state index contributed by atoms with van der Waals surface area (Å²) in [5.74, 6) is -0.465. The molecule has 0 aliphatic heterocycles. The van der Waals surface area contributed by atoms with Crippen LogP contribution in [0.2, 0.25) is 0 Å². The molecule has 6 heteroatoms. The van der Waals surface area contributed by atoms with E-state index in [0.29, 0.717) is 17.8 Å². The van der Waals surface area contributed by atoms with Crippen LogP contribution in [0.4, 0.5) is 0 Å². The average molecular weight is 407 g/mol. The van der Waals surface area contributed by atoms with E-state index in [1.807, 2.05) is 75.5 Å². The van der Waals surface area contributed by atoms with Gasteiger partial charge in [-0.05, 0) is 25.5 Å². The zero-order valence-corrected chi connectivity index (χ0v) is 17.9. The zero-order valence-electron chi connectivity index (χ0n) is 17.9. The third-order valence-electron chi connectivity index (χ3n) is 4.80. The number of para-hydroxylation sites is 1. The van der Waals surface area contributed by atoms with E-state index in [4.69, 9.17) is 9.72 Å². The monoisotopic (exact) mass is 406 g/mol. The van der Waals surface area contributed by atoms with Crippen LogP contribution in [0.25, 0.3) is 22.0 Å². The summed E-state index contributed by atoms with van der Waals surface area (Å²) in [5, 5.41) is 3.79. The number of aromatic nitrogens is 1. The normalized spacial score (nSPS) is 12.0. The van der Waals surface area contributed by atoms with E-state index < -0.39 is 5.97 Å². The van der Waals surface area contributed by atoms with E-state index in [9.17, 15) is 9.59 Å². The van der Waals surface area contributed by atoms with E-state index in [1.54, 1.807) is 0 Å². The summed E-state index contributed by atoms with van der Waals surface area (Å²) < 4.78 is 5.14. The fraction of sp³-hybridized carbons (Fsp3) is 0.292. The number of amides is 1. The first-order valence-electron chi connectivity index (χ1n) is 10.1. The molecule has 0 fully saturated rings. The first-order valence-corrected chi connectivity index (χ1v) is 10.1. The molecular weight excluding hydrogens is 378 g/mol. The van der Waals surface area contributed by atoms with E-state index >= 15 is 0 Å². The van der Waals surface area contributed by atoms with Crippen molar-refractivity contribution in [3.8, 4) is 11.1 Å². The summed E-state index contributed by atoms with van der Waals surface area (Å²) in [4.78, 5) is 30.8. The molecule has 156 valence electrons. The number of esters is 1. The fourth-order valence-corrected chi connectivity index (χ4v) is 3.61. The van der Waals surface area contributed by atoms with Gasteiger partial charge in [-0.2, -0.15) is 0 Å². The maximum Gasteiger partial charge on any atom is 0.340 e. The van der Waals surface area contributed by atoms with Crippen LogP contribution >= 0.6 is 0 Å². The lowest BCUT2D eigenvalue weighted by Gasteiger charge is -2.19. The van der Waals surface area contributed by atoms with Gasteiger partial charge in [-0.25, -0.2) is 9.78 Å². The number of carbonyl (C=O) groups is 2. The molecule has 1 unspecified atom stereocenters. The van der Waals surface area contributed by atoms with Crippen LogP contribution < -0.4 is 10.2 Å². The Bertz CT molecular complexity index is 1050. The van der Waals surface area contributed by atoms with Crippen molar-refractivity contribution in [3.05, 3.63) is 65.9 Å². The second kappa shape index (κ2) is 9.50. The average Bonchev–Trinajstić information content (AvgIpc) is 2.72. The van der Waals surface area contributed by atoms with Crippen molar-refractivity contribution in [2.75, 3.05) is 20.7 Å². The number of methoxy groups -OCH3 is 1. The van der Waals surface area contributed by atoms with E-state index in [0.717, 1.165) is 26.9 Å². The van der Waals surface area contributed by atoms with Crippen molar-refractivity contribution < 1.29 is 19.2 Å². The van der Waals surface area contributed by atoms with Crippen LogP contribution in [0.3, 0.4) is 0 Å². The molecule has 1 heterocycles. The minimum atomic E-state index is -0.429. The molecule has 3 rings (SSSR count). The second-order valence-corrected chi connectivity index (χ2v) is 7.72. The zero-order chi connectivity index (χ0) is 21.7. The van der Waals surface area contributed by atoms with Crippen molar-refractivity contribution in [1.82, 2.24) is 10.3 Å². The molecule has 0 saturated heterocycles. The molecule has 0 spiro atoms. The number of pyridine rings is 1. The number of ether oxygens (including phenoxy) is 1. The lowest BCUT2D eigenvalue weighted by Crippen LogP contribution is -3.09. The van der Waals surface area contributed by atoms with Gasteiger partial charge in [0.05, 0.1) is 25.2 Å². The Morgan fingerprint density at radius 2 is 1.73 bits per heavy atom. The molecule has 2 aromatic carbocycles. The van der Waals surface area contributed by atoms with Crippen molar-refractivity contribution in [2.45, 2.75) is 26.4 Å². The van der Waals surface area contributed by atoms with Crippen molar-refractivity contribution in [1.29, 1.82) is 0 Å². The van der Waals surface area contributed by atoms with E-state index in [2.05, 4.69) is 5.32 Å². The second-order valence-electron chi connectivity index (χ2n) is 7.72. The van der Waals surface area contributed by atoms with Gasteiger partial charge in [0.2, 0.25) is 0 Å². The highest BCUT2D eigenvalue weighted by Crippen LogP contribution is 2.33. The van der Waals surface area contributed by atoms with E-state index in [1.165, 1.54) is 7.11 Å². The van der Waals surface area contributed by atoms with Gasteiger partial charge in [0.15, 0.2) is 6.54 Å². The number of nitrogens with zero attached hydrogens (tertiary/aromatic N) is 1. The summed E-state index contributed by atoms with van der Waals surface area (Å²) in [6.45, 7) is 4.56. The lowest BCUT2D eigenvalue weighted by atomic mass is 9.94. The van der Waals surface area contributed by atoms with Crippen LogP contribution in [0.1, 0.15) is 29.9 Å². The van der Waals surface area contributed by atoms with Gasteiger partial charge in [0, 0.05) is 17.0 Å². The molecule has 0 bridgehead atoms. The van der Waals surface area contributed by atoms with Crippen LogP contribution in [0.15, 0.2) is 54.6 Å². The van der Waals surface area contributed by atoms with Crippen LogP contribution in [-0.2, 0) is 16.1 Å². The summed E-state index contributed by atoms with van der Waals surface area (Å²) in [7, 11) is 3.29. The van der Waals surface area contributed by atoms with Gasteiger partial charge in [-0.1, -0.05) is 48.5 Å². The van der Waals surface area contributed by atoms with Crippen molar-refractivity contribution >= 4 is 22.8 Å². The van der Waals surface area contributed by atoms with Gasteiger partial charge < -0.3 is 15.0 Å². The minimum Gasteiger partial charge on any atom is -0.465 e. The number of hydrogen-bond acceptors (Lipinski definition) is 4. The largest absolute Gasteiger partial charge is 0.465 e. The van der Waals surface area contributed by atoms with Gasteiger partial charge in [0.25, 0.3) is 5.91 Å². The molecule has 0 saturated carbocycles. The Balaban J connectivity index is 2.12. The number of nitrogens with one attached hydrogen (secondary N) is 2. The van der Waals surface area contributed by atoms with Gasteiger partial charge in [-0.3, -0.25) is 4.79 Å². The molecule has 0 radical (unpaired) electrons. The van der Waals surface area contributed by atoms with Crippen LogP contribution in [-0.4, -0.2) is 43.6 Å². The van der Waals surface area contributed by atoms with Crippen molar-refractivity contribution in [2.24, 2.45) is 0 Å². The number of carbonyl (C=O) groups excluding carboxylic acids is 2. The first-order chi connectivity index (χ1) is 14.4. The highest BCUT2D eigenvalue weighted by atomic mass is 16.5. The molecule has 2 N–H and O–H groups in total. The molecule has 0 aliphatic rings. The Hall–Kier alpha value is -3.25. The highest BCUT2D eigenvalue weighted by molar-refractivity contribution is 6.07. The third-order valence-corrected chi connectivity index (χ3v) is 4.80. The lowest BCUT2D eigenvalue weighted by molar-refractivity contribution is -0.885. The number of hydrogen-bond donors (Lipinski definition) is 2. The summed E-state index contributed by atoms with van der Waals surface area (Å²) in [6, 6.07) is 17.6. The fourth-order valence-electron chi connectivity index (χ4n) is 3.61. The molecule has 6 nitrogen and oxygen atoms in total. The Labute approximate surface area is 176 Å². The first kappa shape index (κ1) is 21.5. The molecule has 1 amide bonds. The Morgan fingerprint density at radius 3 is 2.40 bits per heavy atom. The van der Waals surface area contributed by atoms with Gasteiger partial charge in [-0.15, -0.1) is 0 Å². The molecule has 3 aromatic rings. The van der Waals surface area contributed by atoms with Gasteiger partial charge in [0.1, 0.15) is 12.2 Å². The molecule has 1 aromatic heterocycles. The quantitative estimate of drug-likeness (QED) is 0.590. The summed E-state index contributed by atoms with van der Waals surface area (Å²) >= 11 is 0. The molecular formula is C24H28N3O3+. The van der Waals surface area contributed by atoms with Crippen LogP contribution in [0, 0.1) is 0 Å². The smallest absolute Gasteiger partial charge is 0.340 e. The topological polar surface area (TPSA) is 72.7 Å². The summed E-state index contributed by atoms with van der Waals surface area (Å²) in [6.07, 6.45) is 0. The number of likely N-dealkylation sites (N-methyl/N-ethyl adjacent to an activating group) is 1. The standard InChI is InChI=1S/C24H27N3O3/c1-16(2)25-21(28)15-27(3)14-20-23(24(29)30-4)22(17-10-6-5-7-11-17)18-12-8-9-13-19(18)26-20/h5-13,16H,14-15H2,1-4H3,(H,25,28)/p+1. The summed E-state index contributed by atoms with van der Waals surface area (Å²) in [5.41, 5.74) is 3.61.